The van der Waals surface area contributed by atoms with Crippen LogP contribution in [0.4, 0.5) is 4.39 Å². The summed E-state index contributed by atoms with van der Waals surface area (Å²) >= 11 is 6.72. The summed E-state index contributed by atoms with van der Waals surface area (Å²) in [5.74, 6) is -1.23. The summed E-state index contributed by atoms with van der Waals surface area (Å²) in [5.41, 5.74) is 0.670. The molecule has 18 heavy (non-hydrogen) atoms. The second-order valence-corrected chi connectivity index (χ2v) is 4.78. The fourth-order valence-electron chi connectivity index (χ4n) is 1.36. The van der Waals surface area contributed by atoms with Crippen molar-refractivity contribution in [3.63, 3.8) is 0 Å². The molecule has 1 heterocycles. The van der Waals surface area contributed by atoms with E-state index in [1.807, 2.05) is 0 Å². The number of ether oxygens (including phenoxy) is 1. The number of hydrogen-bond acceptors (Lipinski definition) is 3. The van der Waals surface area contributed by atoms with Crippen LogP contribution >= 0.6 is 22.9 Å². The molecule has 0 unspecified atom stereocenters. The van der Waals surface area contributed by atoms with Crippen LogP contribution in [0.3, 0.4) is 0 Å². The molecule has 0 bridgehead atoms. The Kier molecular flexibility index (Phi) is 3.84. The predicted molar refractivity (Wildman–Crippen MR) is 67.0 cm³/mol. The van der Waals surface area contributed by atoms with Crippen molar-refractivity contribution >= 4 is 28.9 Å². The van der Waals surface area contributed by atoms with Gasteiger partial charge in [0.2, 0.25) is 0 Å². The molecule has 1 N–H and O–H groups in total. The molecule has 0 amide bonds. The number of hydrogen-bond donors (Lipinski definition) is 1. The summed E-state index contributed by atoms with van der Waals surface area (Å²) in [6.45, 7) is 0.136. The van der Waals surface area contributed by atoms with Crippen molar-refractivity contribution in [3.05, 3.63) is 50.9 Å². The van der Waals surface area contributed by atoms with Crippen molar-refractivity contribution in [2.75, 3.05) is 0 Å². The number of carboxylic acids is 1. The van der Waals surface area contributed by atoms with Crippen LogP contribution in [0.5, 0.6) is 5.75 Å². The molecule has 3 nitrogen and oxygen atoms in total. The molecule has 0 aliphatic rings. The third-order valence-corrected chi connectivity index (χ3v) is 3.38. The zero-order valence-electron chi connectivity index (χ0n) is 9.02. The molecule has 0 aliphatic heterocycles. The van der Waals surface area contributed by atoms with Crippen LogP contribution in [-0.2, 0) is 6.61 Å². The highest BCUT2D eigenvalue weighted by atomic mass is 35.5. The van der Waals surface area contributed by atoms with E-state index in [-0.39, 0.29) is 16.5 Å². The molecule has 0 fully saturated rings. The highest BCUT2D eigenvalue weighted by molar-refractivity contribution is 7.12. The van der Waals surface area contributed by atoms with E-state index >= 15 is 0 Å². The Labute approximate surface area is 111 Å². The lowest BCUT2D eigenvalue weighted by Gasteiger charge is -2.06. The third kappa shape index (κ3) is 2.80. The summed E-state index contributed by atoms with van der Waals surface area (Å²) in [4.78, 5) is 11.0. The molecule has 0 radical (unpaired) electrons. The van der Waals surface area contributed by atoms with Crippen LogP contribution in [0, 0.1) is 5.82 Å². The van der Waals surface area contributed by atoms with Crippen molar-refractivity contribution in [1.29, 1.82) is 0 Å². The molecule has 0 aliphatic carbocycles. The lowest BCUT2D eigenvalue weighted by Crippen LogP contribution is -2.00. The third-order valence-electron chi connectivity index (χ3n) is 2.20. The first-order valence-corrected chi connectivity index (χ1v) is 6.21. The first-order valence-electron chi connectivity index (χ1n) is 4.95. The van der Waals surface area contributed by atoms with Crippen molar-refractivity contribution in [2.45, 2.75) is 6.61 Å². The molecule has 0 atom stereocenters. The van der Waals surface area contributed by atoms with Crippen LogP contribution < -0.4 is 4.74 Å². The van der Waals surface area contributed by atoms with Gasteiger partial charge in [-0.15, -0.1) is 11.3 Å². The van der Waals surface area contributed by atoms with Gasteiger partial charge in [-0.3, -0.25) is 0 Å². The van der Waals surface area contributed by atoms with E-state index < -0.39 is 11.8 Å². The van der Waals surface area contributed by atoms with E-state index in [1.165, 1.54) is 18.2 Å². The molecule has 0 saturated heterocycles. The van der Waals surface area contributed by atoms with E-state index in [0.29, 0.717) is 11.3 Å². The van der Waals surface area contributed by atoms with Gasteiger partial charge in [0.05, 0.1) is 5.02 Å². The predicted octanol–water partition coefficient (Wildman–Crippen LogP) is 3.82. The Morgan fingerprint density at radius 1 is 1.44 bits per heavy atom. The fourth-order valence-corrected chi connectivity index (χ4v) is 2.23. The van der Waals surface area contributed by atoms with Crippen molar-refractivity contribution in [2.24, 2.45) is 0 Å². The van der Waals surface area contributed by atoms with E-state index in [4.69, 9.17) is 21.4 Å². The van der Waals surface area contributed by atoms with Gasteiger partial charge >= 0.3 is 5.97 Å². The zero-order valence-corrected chi connectivity index (χ0v) is 10.6. The summed E-state index contributed by atoms with van der Waals surface area (Å²) in [5, 5.41) is 10.5. The van der Waals surface area contributed by atoms with Gasteiger partial charge in [-0.05, 0) is 29.1 Å². The van der Waals surface area contributed by atoms with Crippen molar-refractivity contribution in [1.82, 2.24) is 0 Å². The monoisotopic (exact) mass is 286 g/mol. The van der Waals surface area contributed by atoms with E-state index in [9.17, 15) is 9.18 Å². The largest absolute Gasteiger partial charge is 0.487 e. The molecule has 0 saturated carbocycles. The van der Waals surface area contributed by atoms with Gasteiger partial charge in [0, 0.05) is 0 Å². The van der Waals surface area contributed by atoms with Crippen molar-refractivity contribution < 1.29 is 19.0 Å². The van der Waals surface area contributed by atoms with E-state index in [0.717, 1.165) is 11.3 Å². The number of benzene rings is 1. The maximum Gasteiger partial charge on any atom is 0.349 e. The highest BCUT2D eigenvalue weighted by Gasteiger charge is 2.13. The Morgan fingerprint density at radius 3 is 2.89 bits per heavy atom. The molecule has 1 aromatic carbocycles. The first-order chi connectivity index (χ1) is 8.58. The van der Waals surface area contributed by atoms with Crippen LogP contribution in [-0.4, -0.2) is 11.1 Å². The molecule has 0 spiro atoms. The summed E-state index contributed by atoms with van der Waals surface area (Å²) in [6, 6.07) is 5.81. The molecule has 6 heteroatoms. The topological polar surface area (TPSA) is 46.5 Å². The number of halogens is 2. The van der Waals surface area contributed by atoms with Gasteiger partial charge < -0.3 is 9.84 Å². The van der Waals surface area contributed by atoms with E-state index in [2.05, 4.69) is 0 Å². The minimum Gasteiger partial charge on any atom is -0.487 e. The molecular formula is C12H8ClFO3S. The molecular weight excluding hydrogens is 279 g/mol. The number of rotatable bonds is 4. The van der Waals surface area contributed by atoms with Gasteiger partial charge in [0.25, 0.3) is 0 Å². The minimum atomic E-state index is -1.03. The van der Waals surface area contributed by atoms with Gasteiger partial charge in [-0.2, -0.15) is 0 Å². The maximum absolute atomic E-state index is 12.9. The number of thiophene rings is 1. The average molecular weight is 287 g/mol. The Hall–Kier alpha value is -1.59. The van der Waals surface area contributed by atoms with Crippen LogP contribution in [0.25, 0.3) is 0 Å². The fraction of sp³-hybridized carbons (Fsp3) is 0.0833. The summed E-state index contributed by atoms with van der Waals surface area (Å²) < 4.78 is 18.3. The molecule has 1 aromatic heterocycles. The normalized spacial score (nSPS) is 10.3. The maximum atomic E-state index is 12.9. The van der Waals surface area contributed by atoms with E-state index in [1.54, 1.807) is 11.4 Å². The first kappa shape index (κ1) is 12.9. The quantitative estimate of drug-likeness (QED) is 0.929. The SMILES string of the molecule is O=C(O)c1sccc1OCc1ccc(F)c(Cl)c1. The Morgan fingerprint density at radius 2 is 2.22 bits per heavy atom. The Bertz CT molecular complexity index is 582. The molecule has 2 rings (SSSR count). The zero-order chi connectivity index (χ0) is 13.1. The lowest BCUT2D eigenvalue weighted by molar-refractivity contribution is 0.0697. The highest BCUT2D eigenvalue weighted by Crippen LogP contribution is 2.26. The smallest absolute Gasteiger partial charge is 0.349 e. The Balaban J connectivity index is 2.09. The van der Waals surface area contributed by atoms with Gasteiger partial charge in [0.1, 0.15) is 18.2 Å². The standard InChI is InChI=1S/C12H8ClFO3S/c13-8-5-7(1-2-9(8)14)6-17-10-3-4-18-11(10)12(15)16/h1-5H,6H2,(H,15,16). The van der Waals surface area contributed by atoms with Crippen LogP contribution in [0.1, 0.15) is 15.2 Å². The van der Waals surface area contributed by atoms with Crippen LogP contribution in [0.15, 0.2) is 29.6 Å². The lowest BCUT2D eigenvalue weighted by atomic mass is 10.2. The average Bonchev–Trinajstić information content (AvgIpc) is 2.79. The van der Waals surface area contributed by atoms with Crippen molar-refractivity contribution in [3.8, 4) is 5.75 Å². The number of carbonyl (C=O) groups is 1. The summed E-state index contributed by atoms with van der Waals surface area (Å²) in [7, 11) is 0. The number of carboxylic acid groups (broad SMARTS) is 1. The summed E-state index contributed by atoms with van der Waals surface area (Å²) in [6.07, 6.45) is 0. The molecule has 2 aromatic rings. The second-order valence-electron chi connectivity index (χ2n) is 3.46. The molecule has 94 valence electrons. The van der Waals surface area contributed by atoms with Gasteiger partial charge in [-0.1, -0.05) is 17.7 Å². The second kappa shape index (κ2) is 5.37. The number of aromatic carboxylic acids is 1. The van der Waals surface area contributed by atoms with Crippen LogP contribution in [0.2, 0.25) is 5.02 Å². The minimum absolute atomic E-state index is 0.0138. The van der Waals surface area contributed by atoms with Gasteiger partial charge in [-0.25, -0.2) is 9.18 Å². The van der Waals surface area contributed by atoms with Gasteiger partial charge in [0.15, 0.2) is 4.88 Å².